The lowest BCUT2D eigenvalue weighted by molar-refractivity contribution is 1.41. The van der Waals surface area contributed by atoms with Crippen molar-refractivity contribution in [3.63, 3.8) is 0 Å². The molecule has 100 valence electrons. The van der Waals surface area contributed by atoms with Gasteiger partial charge in [-0.05, 0) is 45.7 Å². The Hall–Kier alpha value is -1.78. The molecule has 1 aromatic heterocycles. The minimum absolute atomic E-state index is 0.160. The number of benzene rings is 2. The summed E-state index contributed by atoms with van der Waals surface area (Å²) in [5.41, 5.74) is 9.08. The van der Waals surface area contributed by atoms with Gasteiger partial charge in [-0.25, -0.2) is 0 Å². The van der Waals surface area contributed by atoms with E-state index in [1.54, 1.807) is 11.3 Å². The number of hydrogen-bond acceptors (Lipinski definition) is 3. The van der Waals surface area contributed by atoms with E-state index in [9.17, 15) is 0 Å². The second-order valence-electron chi connectivity index (χ2n) is 4.48. The second kappa shape index (κ2) is 5.69. The van der Waals surface area contributed by atoms with E-state index in [0.29, 0.717) is 0 Å². The summed E-state index contributed by atoms with van der Waals surface area (Å²) in [7, 11) is 0. The molecule has 2 nitrogen and oxygen atoms in total. The van der Waals surface area contributed by atoms with Crippen LogP contribution >= 0.6 is 23.1 Å². The van der Waals surface area contributed by atoms with Gasteiger partial charge >= 0.3 is 0 Å². The Morgan fingerprint density at radius 2 is 2.00 bits per heavy atom. The Kier molecular flexibility index (Phi) is 3.76. The standard InChI is InChI=1S/C16H14N2S2/c17-16(18)20-10-13-3-1-2-4-14(13)11-5-6-15-12(9-11)7-8-19-15/h1-9H,10H2,(H3,17,18). The van der Waals surface area contributed by atoms with E-state index < -0.39 is 0 Å². The highest BCUT2D eigenvalue weighted by Crippen LogP contribution is 2.31. The van der Waals surface area contributed by atoms with Crippen molar-refractivity contribution in [1.82, 2.24) is 0 Å². The number of rotatable bonds is 3. The molecule has 0 unspecified atom stereocenters. The zero-order valence-electron chi connectivity index (χ0n) is 10.8. The molecule has 0 aliphatic carbocycles. The van der Waals surface area contributed by atoms with Gasteiger partial charge in [0.1, 0.15) is 0 Å². The number of amidine groups is 1. The average Bonchev–Trinajstić information content (AvgIpc) is 2.92. The fourth-order valence-electron chi connectivity index (χ4n) is 2.22. The van der Waals surface area contributed by atoms with Crippen molar-refractivity contribution >= 4 is 38.4 Å². The molecular formula is C16H14N2S2. The van der Waals surface area contributed by atoms with E-state index in [2.05, 4.69) is 47.8 Å². The summed E-state index contributed by atoms with van der Waals surface area (Å²) in [6, 6.07) is 17.0. The monoisotopic (exact) mass is 298 g/mol. The number of hydrogen-bond donors (Lipinski definition) is 2. The molecule has 0 atom stereocenters. The van der Waals surface area contributed by atoms with Gasteiger partial charge in [-0.3, -0.25) is 5.41 Å². The third-order valence-corrected chi connectivity index (χ3v) is 4.83. The molecular weight excluding hydrogens is 284 g/mol. The molecule has 2 aromatic carbocycles. The molecule has 0 amide bonds. The van der Waals surface area contributed by atoms with Gasteiger partial charge in [-0.1, -0.05) is 42.1 Å². The molecule has 0 spiro atoms. The highest BCUT2D eigenvalue weighted by atomic mass is 32.2. The molecule has 0 saturated heterocycles. The Morgan fingerprint density at radius 3 is 2.85 bits per heavy atom. The van der Waals surface area contributed by atoms with Crippen LogP contribution in [-0.4, -0.2) is 5.17 Å². The van der Waals surface area contributed by atoms with Crippen LogP contribution in [0.5, 0.6) is 0 Å². The molecule has 0 aliphatic rings. The minimum atomic E-state index is 0.160. The van der Waals surface area contributed by atoms with Gasteiger partial charge in [0.05, 0.1) is 0 Å². The van der Waals surface area contributed by atoms with Crippen LogP contribution in [0, 0.1) is 5.41 Å². The molecule has 0 fully saturated rings. The SMILES string of the molecule is N=C(N)SCc1ccccc1-c1ccc2sccc2c1. The lowest BCUT2D eigenvalue weighted by Crippen LogP contribution is -2.04. The van der Waals surface area contributed by atoms with Crippen LogP contribution in [0.1, 0.15) is 5.56 Å². The maximum atomic E-state index is 7.35. The van der Waals surface area contributed by atoms with Crippen LogP contribution in [0.15, 0.2) is 53.9 Å². The van der Waals surface area contributed by atoms with Crippen LogP contribution in [0.2, 0.25) is 0 Å². The predicted molar refractivity (Wildman–Crippen MR) is 90.5 cm³/mol. The van der Waals surface area contributed by atoms with Gasteiger partial charge in [0.2, 0.25) is 0 Å². The van der Waals surface area contributed by atoms with Gasteiger partial charge < -0.3 is 5.73 Å². The fourth-order valence-corrected chi connectivity index (χ4v) is 3.55. The van der Waals surface area contributed by atoms with Crippen molar-refractivity contribution in [3.05, 3.63) is 59.5 Å². The molecule has 0 saturated carbocycles. The van der Waals surface area contributed by atoms with Gasteiger partial charge in [0.15, 0.2) is 5.17 Å². The van der Waals surface area contributed by atoms with Crippen LogP contribution in [0.4, 0.5) is 0 Å². The Bertz CT molecular complexity index is 762. The smallest absolute Gasteiger partial charge is 0.151 e. The zero-order chi connectivity index (χ0) is 13.9. The average molecular weight is 298 g/mol. The highest BCUT2D eigenvalue weighted by molar-refractivity contribution is 8.13. The third-order valence-electron chi connectivity index (χ3n) is 3.16. The van der Waals surface area contributed by atoms with Crippen LogP contribution < -0.4 is 5.73 Å². The van der Waals surface area contributed by atoms with Crippen molar-refractivity contribution in [3.8, 4) is 11.1 Å². The highest BCUT2D eigenvalue weighted by Gasteiger charge is 2.06. The minimum Gasteiger partial charge on any atom is -0.379 e. The van der Waals surface area contributed by atoms with Crippen LogP contribution in [-0.2, 0) is 5.75 Å². The predicted octanol–water partition coefficient (Wildman–Crippen LogP) is 4.69. The summed E-state index contributed by atoms with van der Waals surface area (Å²) in [6.07, 6.45) is 0. The van der Waals surface area contributed by atoms with E-state index in [1.165, 1.54) is 38.5 Å². The molecule has 0 aliphatic heterocycles. The summed E-state index contributed by atoms with van der Waals surface area (Å²) >= 11 is 3.12. The molecule has 20 heavy (non-hydrogen) atoms. The molecule has 4 heteroatoms. The number of fused-ring (bicyclic) bond motifs is 1. The Morgan fingerprint density at radius 1 is 1.15 bits per heavy atom. The molecule has 3 aromatic rings. The summed E-state index contributed by atoms with van der Waals surface area (Å²) in [6.45, 7) is 0. The normalized spacial score (nSPS) is 10.8. The van der Waals surface area contributed by atoms with Crippen molar-refractivity contribution in [2.24, 2.45) is 5.73 Å². The third kappa shape index (κ3) is 2.71. The lowest BCUT2D eigenvalue weighted by atomic mass is 10.00. The van der Waals surface area contributed by atoms with E-state index in [-0.39, 0.29) is 5.17 Å². The molecule has 1 heterocycles. The first-order chi connectivity index (χ1) is 9.74. The number of nitrogens with one attached hydrogen (secondary N) is 1. The fraction of sp³-hybridized carbons (Fsp3) is 0.0625. The first-order valence-corrected chi connectivity index (χ1v) is 8.13. The van der Waals surface area contributed by atoms with E-state index in [0.717, 1.165) is 5.75 Å². The number of nitrogens with two attached hydrogens (primary N) is 1. The van der Waals surface area contributed by atoms with Gasteiger partial charge in [0.25, 0.3) is 0 Å². The van der Waals surface area contributed by atoms with Gasteiger partial charge in [-0.2, -0.15) is 0 Å². The first-order valence-electron chi connectivity index (χ1n) is 6.26. The Labute approximate surface area is 126 Å². The maximum Gasteiger partial charge on any atom is 0.151 e. The Balaban J connectivity index is 2.01. The molecule has 3 rings (SSSR count). The van der Waals surface area contributed by atoms with Crippen LogP contribution in [0.25, 0.3) is 21.2 Å². The van der Waals surface area contributed by atoms with Crippen molar-refractivity contribution in [1.29, 1.82) is 5.41 Å². The summed E-state index contributed by atoms with van der Waals surface area (Å²) in [5.74, 6) is 0.729. The van der Waals surface area contributed by atoms with E-state index in [4.69, 9.17) is 11.1 Å². The largest absolute Gasteiger partial charge is 0.379 e. The molecule has 0 bridgehead atoms. The van der Waals surface area contributed by atoms with Crippen molar-refractivity contribution < 1.29 is 0 Å². The number of thioether (sulfide) groups is 1. The molecule has 0 radical (unpaired) electrons. The number of thiophene rings is 1. The lowest BCUT2D eigenvalue weighted by Gasteiger charge is -2.09. The summed E-state index contributed by atoms with van der Waals surface area (Å²) in [5, 5.41) is 10.9. The quantitative estimate of drug-likeness (QED) is 0.544. The summed E-state index contributed by atoms with van der Waals surface area (Å²) < 4.78 is 1.31. The van der Waals surface area contributed by atoms with Gasteiger partial charge in [0, 0.05) is 10.5 Å². The van der Waals surface area contributed by atoms with Crippen LogP contribution in [0.3, 0.4) is 0 Å². The first kappa shape index (κ1) is 13.2. The van der Waals surface area contributed by atoms with Gasteiger partial charge in [-0.15, -0.1) is 11.3 Å². The van der Waals surface area contributed by atoms with Crippen molar-refractivity contribution in [2.45, 2.75) is 5.75 Å². The van der Waals surface area contributed by atoms with E-state index >= 15 is 0 Å². The van der Waals surface area contributed by atoms with E-state index in [1.807, 2.05) is 6.07 Å². The zero-order valence-corrected chi connectivity index (χ0v) is 12.4. The van der Waals surface area contributed by atoms with Crippen molar-refractivity contribution in [2.75, 3.05) is 0 Å². The molecule has 3 N–H and O–H groups in total. The topological polar surface area (TPSA) is 49.9 Å². The second-order valence-corrected chi connectivity index (χ2v) is 6.45. The maximum absolute atomic E-state index is 7.35. The summed E-state index contributed by atoms with van der Waals surface area (Å²) in [4.78, 5) is 0.